The van der Waals surface area contributed by atoms with Gasteiger partial charge in [-0.3, -0.25) is 4.79 Å². The van der Waals surface area contributed by atoms with Crippen LogP contribution in [0.25, 0.3) is 0 Å². The molecule has 0 saturated heterocycles. The molecule has 1 amide bonds. The van der Waals surface area contributed by atoms with Crippen molar-refractivity contribution in [2.75, 3.05) is 0 Å². The fourth-order valence-corrected chi connectivity index (χ4v) is 5.38. The van der Waals surface area contributed by atoms with Gasteiger partial charge in [0.15, 0.2) is 5.60 Å². The van der Waals surface area contributed by atoms with E-state index in [0.29, 0.717) is 12.2 Å². The van der Waals surface area contributed by atoms with Crippen molar-refractivity contribution in [2.24, 2.45) is 0 Å². The smallest absolute Gasteiger partial charge is 0.376 e. The number of aliphatic hydroxyl groups is 1. The third-order valence-electron chi connectivity index (χ3n) is 7.59. The third-order valence-corrected chi connectivity index (χ3v) is 7.59. The molecule has 0 unspecified atom stereocenters. The van der Waals surface area contributed by atoms with Crippen LogP contribution in [0.2, 0.25) is 0 Å². The van der Waals surface area contributed by atoms with Crippen LogP contribution in [0.4, 0.5) is 13.2 Å². The number of carbonyl (C=O) groups is 1. The normalized spacial score (nSPS) is 26.6. The summed E-state index contributed by atoms with van der Waals surface area (Å²) in [4.78, 5) is 15.4. The number of ether oxygens (including phenoxy) is 1. The van der Waals surface area contributed by atoms with Crippen molar-refractivity contribution >= 4 is 5.91 Å². The lowest BCUT2D eigenvalue weighted by atomic mass is 9.77. The van der Waals surface area contributed by atoms with E-state index in [-0.39, 0.29) is 29.2 Å². The molecule has 1 heterocycles. The number of alkyl halides is 3. The molecule has 33 heavy (non-hydrogen) atoms. The molecule has 4 nitrogen and oxygen atoms in total. The molecule has 1 N–H and O–H groups in total. The molecule has 0 radical (unpaired) electrons. The Morgan fingerprint density at radius 3 is 2.21 bits per heavy atom. The molecule has 2 aliphatic carbocycles. The van der Waals surface area contributed by atoms with Crippen molar-refractivity contribution < 1.29 is 27.8 Å². The number of amides is 1. The van der Waals surface area contributed by atoms with Crippen LogP contribution in [-0.4, -0.2) is 34.2 Å². The third kappa shape index (κ3) is 3.85. The molecule has 1 aliphatic heterocycles. The standard InChI is InChI=1S/C26H28F3NO3/c1-24(32,26(27,28)29)19-8-6-17(7-9-19)23(31)30(20-10-11-20)21-12-14-25(15-13-21)22-5-3-2-4-18(22)16-33-25/h2-9,20-21,32H,10-16H2,1H3/t21?,24-,25?/m0/s1. The first-order valence-corrected chi connectivity index (χ1v) is 11.6. The quantitative estimate of drug-likeness (QED) is 0.664. The molecule has 0 bridgehead atoms. The van der Waals surface area contributed by atoms with Crippen LogP contribution < -0.4 is 0 Å². The molecule has 2 aromatic carbocycles. The van der Waals surface area contributed by atoms with Crippen LogP contribution in [0.15, 0.2) is 48.5 Å². The maximum absolute atomic E-state index is 13.4. The van der Waals surface area contributed by atoms with Crippen molar-refractivity contribution in [3.63, 3.8) is 0 Å². The second-order valence-corrected chi connectivity index (χ2v) is 9.76. The van der Waals surface area contributed by atoms with Crippen LogP contribution in [-0.2, 0) is 22.5 Å². The average molecular weight is 460 g/mol. The van der Waals surface area contributed by atoms with Crippen LogP contribution in [0.1, 0.15) is 72.5 Å². The maximum atomic E-state index is 13.4. The van der Waals surface area contributed by atoms with E-state index in [1.807, 2.05) is 17.0 Å². The van der Waals surface area contributed by atoms with Gasteiger partial charge in [0.1, 0.15) is 0 Å². The highest BCUT2D eigenvalue weighted by molar-refractivity contribution is 5.95. The number of rotatable bonds is 4. The summed E-state index contributed by atoms with van der Waals surface area (Å²) in [6.07, 6.45) is 0.463. The van der Waals surface area contributed by atoms with Gasteiger partial charge in [-0.05, 0) is 74.3 Å². The number of hydrogen-bond donors (Lipinski definition) is 1. The lowest BCUT2D eigenvalue weighted by Gasteiger charge is -2.42. The molecule has 176 valence electrons. The minimum atomic E-state index is -4.79. The Bertz CT molecular complexity index is 1040. The minimum Gasteiger partial charge on any atom is -0.376 e. The second kappa shape index (κ2) is 7.84. The Morgan fingerprint density at radius 2 is 1.61 bits per heavy atom. The van der Waals surface area contributed by atoms with Crippen LogP contribution in [0, 0.1) is 0 Å². The lowest BCUT2D eigenvalue weighted by Crippen LogP contribution is -2.46. The summed E-state index contributed by atoms with van der Waals surface area (Å²) in [6.45, 7) is 1.35. The van der Waals surface area contributed by atoms with Gasteiger partial charge in [-0.25, -0.2) is 0 Å². The molecular weight excluding hydrogens is 431 g/mol. The Hall–Kier alpha value is -2.38. The molecule has 1 spiro atoms. The summed E-state index contributed by atoms with van der Waals surface area (Å²) < 4.78 is 45.7. The Labute approximate surface area is 191 Å². The van der Waals surface area contributed by atoms with E-state index in [1.54, 1.807) is 0 Å². The van der Waals surface area contributed by atoms with Crippen molar-refractivity contribution in [3.05, 3.63) is 70.8 Å². The summed E-state index contributed by atoms with van der Waals surface area (Å²) in [5, 5.41) is 9.90. The fraction of sp³-hybridized carbons (Fsp3) is 0.500. The van der Waals surface area contributed by atoms with Crippen LogP contribution in [0.3, 0.4) is 0 Å². The highest BCUT2D eigenvalue weighted by Crippen LogP contribution is 2.48. The van der Waals surface area contributed by atoms with Gasteiger partial charge in [0.2, 0.25) is 0 Å². The summed E-state index contributed by atoms with van der Waals surface area (Å²) >= 11 is 0. The van der Waals surface area contributed by atoms with Gasteiger partial charge in [-0.2, -0.15) is 13.2 Å². The van der Waals surface area contributed by atoms with Gasteiger partial charge in [0, 0.05) is 17.6 Å². The number of benzene rings is 2. The molecule has 2 aromatic rings. The zero-order valence-corrected chi connectivity index (χ0v) is 18.6. The van der Waals surface area contributed by atoms with E-state index < -0.39 is 11.8 Å². The highest BCUT2D eigenvalue weighted by Gasteiger charge is 2.51. The summed E-state index contributed by atoms with van der Waals surface area (Å²) in [6, 6.07) is 13.8. The van der Waals surface area contributed by atoms with E-state index in [1.165, 1.54) is 35.4 Å². The first-order chi connectivity index (χ1) is 15.6. The molecule has 2 saturated carbocycles. The Balaban J connectivity index is 1.32. The van der Waals surface area contributed by atoms with Crippen molar-refractivity contribution in [2.45, 2.75) is 81.5 Å². The second-order valence-electron chi connectivity index (χ2n) is 9.76. The van der Waals surface area contributed by atoms with Gasteiger partial charge >= 0.3 is 6.18 Å². The van der Waals surface area contributed by atoms with Crippen LogP contribution >= 0.6 is 0 Å². The molecular formula is C26H28F3NO3. The topological polar surface area (TPSA) is 49.8 Å². The first-order valence-electron chi connectivity index (χ1n) is 11.6. The molecule has 0 aromatic heterocycles. The highest BCUT2D eigenvalue weighted by atomic mass is 19.4. The SMILES string of the molecule is C[C@](O)(c1ccc(C(=O)N(C2CC2)C2CCC3(CC2)OCc2ccccc23)cc1)C(F)(F)F. The maximum Gasteiger partial charge on any atom is 0.421 e. The fourth-order valence-electron chi connectivity index (χ4n) is 5.38. The van der Waals surface area contributed by atoms with E-state index >= 15 is 0 Å². The number of hydrogen-bond acceptors (Lipinski definition) is 3. The zero-order chi connectivity index (χ0) is 23.4. The monoisotopic (exact) mass is 459 g/mol. The number of nitrogens with zero attached hydrogens (tertiary/aromatic N) is 1. The number of carbonyl (C=O) groups excluding carboxylic acids is 1. The lowest BCUT2D eigenvalue weighted by molar-refractivity contribution is -0.258. The van der Waals surface area contributed by atoms with E-state index in [2.05, 4.69) is 12.1 Å². The van der Waals surface area contributed by atoms with E-state index in [4.69, 9.17) is 4.74 Å². The summed E-state index contributed by atoms with van der Waals surface area (Å²) in [7, 11) is 0. The first kappa shape index (κ1) is 22.4. The van der Waals surface area contributed by atoms with Crippen molar-refractivity contribution in [1.29, 1.82) is 0 Å². The Kier molecular flexibility index (Phi) is 5.33. The van der Waals surface area contributed by atoms with Gasteiger partial charge in [0.05, 0.1) is 12.2 Å². The average Bonchev–Trinajstić information content (AvgIpc) is 3.57. The van der Waals surface area contributed by atoms with Gasteiger partial charge in [-0.15, -0.1) is 0 Å². The molecule has 2 fully saturated rings. The van der Waals surface area contributed by atoms with E-state index in [9.17, 15) is 23.1 Å². The zero-order valence-electron chi connectivity index (χ0n) is 18.6. The predicted molar refractivity (Wildman–Crippen MR) is 116 cm³/mol. The Morgan fingerprint density at radius 1 is 1.00 bits per heavy atom. The molecule has 3 aliphatic rings. The largest absolute Gasteiger partial charge is 0.421 e. The van der Waals surface area contributed by atoms with Crippen molar-refractivity contribution in [1.82, 2.24) is 4.90 Å². The minimum absolute atomic E-state index is 0.0879. The summed E-state index contributed by atoms with van der Waals surface area (Å²) in [5.41, 5.74) is -0.649. The van der Waals surface area contributed by atoms with Crippen molar-refractivity contribution in [3.8, 4) is 0 Å². The molecule has 5 rings (SSSR count). The number of halogens is 3. The predicted octanol–water partition coefficient (Wildman–Crippen LogP) is 5.43. The van der Waals surface area contributed by atoms with Crippen LogP contribution in [0.5, 0.6) is 0 Å². The molecule has 7 heteroatoms. The van der Waals surface area contributed by atoms with Gasteiger partial charge in [-0.1, -0.05) is 36.4 Å². The van der Waals surface area contributed by atoms with Gasteiger partial charge in [0.25, 0.3) is 5.91 Å². The van der Waals surface area contributed by atoms with Gasteiger partial charge < -0.3 is 14.7 Å². The van der Waals surface area contributed by atoms with E-state index in [0.717, 1.165) is 45.4 Å². The molecule has 1 atom stereocenters. The number of fused-ring (bicyclic) bond motifs is 2. The summed E-state index contributed by atoms with van der Waals surface area (Å²) in [5.74, 6) is -0.149.